The molecule has 2 aromatic rings. The number of thiazole rings is 1. The van der Waals surface area contributed by atoms with Crippen LogP contribution in [0.5, 0.6) is 5.75 Å². The number of carboxylic acid groups (broad SMARTS) is 1. The quantitative estimate of drug-likeness (QED) is 0.363. The summed E-state index contributed by atoms with van der Waals surface area (Å²) in [7, 11) is 0. The molecule has 2 amide bonds. The number of carboxylic acids is 1. The van der Waals surface area contributed by atoms with Crippen molar-refractivity contribution >= 4 is 44.5 Å². The Hall–Kier alpha value is -2.93. The number of hydrogen-bond acceptors (Lipinski definition) is 7. The molecule has 1 heterocycles. The second-order valence-corrected chi connectivity index (χ2v) is 10.3. The number of alkyl halides is 3. The lowest BCUT2D eigenvalue weighted by molar-refractivity contribution is -0.274. The summed E-state index contributed by atoms with van der Waals surface area (Å²) in [5, 5.41) is 14.7. The van der Waals surface area contributed by atoms with Gasteiger partial charge < -0.3 is 26.2 Å². The molecule has 0 radical (unpaired) electrons. The lowest BCUT2D eigenvalue weighted by Gasteiger charge is -2.37. The van der Waals surface area contributed by atoms with Crippen LogP contribution in [-0.4, -0.2) is 46.8 Å². The van der Waals surface area contributed by atoms with Gasteiger partial charge in [-0.1, -0.05) is 37.5 Å². The molecule has 1 aliphatic rings. The van der Waals surface area contributed by atoms with Gasteiger partial charge in [0.15, 0.2) is 5.13 Å². The van der Waals surface area contributed by atoms with Gasteiger partial charge in [-0.2, -0.15) is 0 Å². The molecule has 1 fully saturated rings. The number of nitrogens with zero attached hydrogens (tertiary/aromatic N) is 1. The van der Waals surface area contributed by atoms with E-state index in [-0.39, 0.29) is 36.2 Å². The Balaban J connectivity index is 1.63. The number of benzene rings is 1. The molecule has 0 aliphatic heterocycles. The lowest BCUT2D eigenvalue weighted by atomic mass is 9.71. The van der Waals surface area contributed by atoms with Crippen molar-refractivity contribution in [1.29, 1.82) is 0 Å². The van der Waals surface area contributed by atoms with Crippen molar-refractivity contribution < 1.29 is 37.4 Å². The van der Waals surface area contributed by atoms with Crippen molar-refractivity contribution in [1.82, 2.24) is 10.3 Å². The third-order valence-electron chi connectivity index (χ3n) is 6.34. The van der Waals surface area contributed by atoms with Crippen LogP contribution in [0.2, 0.25) is 0 Å². The van der Waals surface area contributed by atoms with Crippen LogP contribution in [0.3, 0.4) is 0 Å². The third-order valence-corrected chi connectivity index (χ3v) is 7.27. The summed E-state index contributed by atoms with van der Waals surface area (Å²) in [5.41, 5.74) is 5.86. The summed E-state index contributed by atoms with van der Waals surface area (Å²) >= 11 is 1.03. The first-order chi connectivity index (χ1) is 16.9. The molecular formula is C23H29F3N4O5S. The molecule has 13 heteroatoms. The highest BCUT2D eigenvalue weighted by atomic mass is 32.1. The monoisotopic (exact) mass is 530 g/mol. The summed E-state index contributed by atoms with van der Waals surface area (Å²) in [6.45, 7) is 1.82. The molecule has 1 aliphatic carbocycles. The minimum Gasteiger partial charge on any atom is -0.481 e. The number of carbonyl (C=O) groups is 3. The van der Waals surface area contributed by atoms with E-state index in [1.54, 1.807) is 6.92 Å². The Morgan fingerprint density at radius 3 is 2.58 bits per heavy atom. The number of halogens is 3. The molecule has 0 saturated heterocycles. The first-order valence-corrected chi connectivity index (χ1v) is 12.4. The zero-order valence-corrected chi connectivity index (χ0v) is 20.5. The first-order valence-electron chi connectivity index (χ1n) is 11.6. The van der Waals surface area contributed by atoms with Crippen molar-refractivity contribution in [2.24, 2.45) is 17.1 Å². The number of amides is 2. The van der Waals surface area contributed by atoms with Gasteiger partial charge in [-0.15, -0.1) is 13.2 Å². The molecule has 1 aromatic heterocycles. The van der Waals surface area contributed by atoms with Gasteiger partial charge in [0.1, 0.15) is 5.75 Å². The number of carbonyl (C=O) groups excluding carboxylic acids is 2. The molecule has 3 rings (SSSR count). The maximum absolute atomic E-state index is 12.9. The van der Waals surface area contributed by atoms with E-state index in [1.807, 2.05) is 0 Å². The average molecular weight is 531 g/mol. The number of ether oxygens (including phenoxy) is 1. The van der Waals surface area contributed by atoms with Crippen LogP contribution in [0.1, 0.15) is 51.9 Å². The summed E-state index contributed by atoms with van der Waals surface area (Å²) in [6.07, 6.45) is -0.664. The molecule has 5 N–H and O–H groups in total. The van der Waals surface area contributed by atoms with E-state index in [0.29, 0.717) is 10.2 Å². The summed E-state index contributed by atoms with van der Waals surface area (Å²) in [5.74, 6) is -2.73. The van der Waals surface area contributed by atoms with Gasteiger partial charge in [0.25, 0.3) is 0 Å². The van der Waals surface area contributed by atoms with Gasteiger partial charge in [-0.3, -0.25) is 14.4 Å². The fourth-order valence-electron chi connectivity index (χ4n) is 4.43. The van der Waals surface area contributed by atoms with Crippen LogP contribution >= 0.6 is 11.3 Å². The highest BCUT2D eigenvalue weighted by Gasteiger charge is 2.36. The summed E-state index contributed by atoms with van der Waals surface area (Å²) < 4.78 is 41.8. The van der Waals surface area contributed by atoms with Crippen molar-refractivity contribution in [3.05, 3.63) is 18.2 Å². The number of rotatable bonds is 10. The average Bonchev–Trinajstić information content (AvgIpc) is 3.17. The molecule has 0 spiro atoms. The number of hydrogen-bond donors (Lipinski definition) is 4. The van der Waals surface area contributed by atoms with E-state index in [9.17, 15) is 27.6 Å². The number of nitrogens with one attached hydrogen (secondary N) is 2. The smallest absolute Gasteiger partial charge is 0.481 e. The van der Waals surface area contributed by atoms with Gasteiger partial charge in [-0.05, 0) is 36.3 Å². The van der Waals surface area contributed by atoms with Crippen LogP contribution in [-0.2, 0) is 14.4 Å². The Morgan fingerprint density at radius 2 is 1.94 bits per heavy atom. The minimum absolute atomic E-state index is 0.117. The fraction of sp³-hybridized carbons (Fsp3) is 0.565. The molecule has 198 valence electrons. The predicted octanol–water partition coefficient (Wildman–Crippen LogP) is 4.03. The molecular weight excluding hydrogens is 501 g/mol. The molecule has 36 heavy (non-hydrogen) atoms. The standard InChI is InChI=1S/C23H29F3N4O5S/c1-13(9-18(32)33)19(27)20(34)28-12-22(7-3-2-4-8-22)11-17(31)30-21-29-15-6-5-14(10-16(15)36-21)35-23(24,25)26/h5-6,10,13,19H,2-4,7-9,11-12,27H2,1H3,(H,28,34)(H,32,33)(H,29,30,31). The lowest BCUT2D eigenvalue weighted by Crippen LogP contribution is -2.49. The Bertz CT molecular complexity index is 1100. The Kier molecular flexibility index (Phi) is 8.77. The fourth-order valence-corrected chi connectivity index (χ4v) is 5.34. The van der Waals surface area contributed by atoms with Gasteiger partial charge in [0.2, 0.25) is 11.8 Å². The zero-order valence-electron chi connectivity index (χ0n) is 19.7. The van der Waals surface area contributed by atoms with E-state index in [1.165, 1.54) is 12.1 Å². The van der Waals surface area contributed by atoms with Crippen LogP contribution in [0.15, 0.2) is 18.2 Å². The van der Waals surface area contributed by atoms with Gasteiger partial charge in [0.05, 0.1) is 16.3 Å². The molecule has 9 nitrogen and oxygen atoms in total. The van der Waals surface area contributed by atoms with E-state index in [4.69, 9.17) is 10.8 Å². The summed E-state index contributed by atoms with van der Waals surface area (Å²) in [4.78, 5) is 40.6. The Labute approximate surface area is 209 Å². The van der Waals surface area contributed by atoms with Gasteiger partial charge >= 0.3 is 12.3 Å². The maximum atomic E-state index is 12.9. The second-order valence-electron chi connectivity index (χ2n) is 9.30. The van der Waals surface area contributed by atoms with E-state index in [2.05, 4.69) is 20.4 Å². The molecule has 1 aromatic carbocycles. The number of aliphatic carboxylic acids is 1. The minimum atomic E-state index is -4.81. The molecule has 2 unspecified atom stereocenters. The topological polar surface area (TPSA) is 144 Å². The van der Waals surface area contributed by atoms with Crippen LogP contribution in [0.25, 0.3) is 10.2 Å². The highest BCUT2D eigenvalue weighted by Crippen LogP contribution is 2.39. The van der Waals surface area contributed by atoms with E-state index in [0.717, 1.165) is 49.5 Å². The molecule has 0 bridgehead atoms. The maximum Gasteiger partial charge on any atom is 0.573 e. The van der Waals surface area contributed by atoms with Crippen LogP contribution in [0.4, 0.5) is 18.3 Å². The number of nitrogens with two attached hydrogens (primary N) is 1. The zero-order chi connectivity index (χ0) is 26.5. The molecule has 2 atom stereocenters. The first kappa shape index (κ1) is 27.7. The Morgan fingerprint density at radius 1 is 1.25 bits per heavy atom. The van der Waals surface area contributed by atoms with Crippen molar-refractivity contribution in [2.45, 2.75) is 64.3 Å². The second kappa shape index (κ2) is 11.4. The number of aromatic nitrogens is 1. The van der Waals surface area contributed by atoms with E-state index < -0.39 is 35.6 Å². The van der Waals surface area contributed by atoms with Crippen LogP contribution in [0, 0.1) is 11.3 Å². The number of anilines is 1. The van der Waals surface area contributed by atoms with Crippen LogP contribution < -0.4 is 21.1 Å². The highest BCUT2D eigenvalue weighted by molar-refractivity contribution is 7.22. The van der Waals surface area contributed by atoms with Gasteiger partial charge in [0, 0.05) is 25.5 Å². The van der Waals surface area contributed by atoms with Crippen molar-refractivity contribution in [2.75, 3.05) is 11.9 Å². The molecule has 1 saturated carbocycles. The van der Waals surface area contributed by atoms with E-state index >= 15 is 0 Å². The predicted molar refractivity (Wildman–Crippen MR) is 127 cm³/mol. The normalized spacial score (nSPS) is 17.2. The van der Waals surface area contributed by atoms with Crippen molar-refractivity contribution in [3.63, 3.8) is 0 Å². The van der Waals surface area contributed by atoms with Crippen molar-refractivity contribution in [3.8, 4) is 5.75 Å². The SMILES string of the molecule is CC(CC(=O)O)C(N)C(=O)NCC1(CC(=O)Nc2nc3ccc(OC(F)(F)F)cc3s2)CCCCC1. The third kappa shape index (κ3) is 7.79. The largest absolute Gasteiger partial charge is 0.573 e. The summed E-state index contributed by atoms with van der Waals surface area (Å²) in [6, 6.07) is 2.77. The van der Waals surface area contributed by atoms with Gasteiger partial charge in [-0.25, -0.2) is 4.98 Å². The number of fused-ring (bicyclic) bond motifs is 1.